The predicted octanol–water partition coefficient (Wildman–Crippen LogP) is 3.76. The fraction of sp³-hybridized carbons (Fsp3) is 0.0556. The van der Waals surface area contributed by atoms with Gasteiger partial charge in [0.05, 0.1) is 7.11 Å². The number of anilines is 3. The molecular weight excluding hydrogens is 342 g/mol. The van der Waals surface area contributed by atoms with Gasteiger partial charge in [-0.1, -0.05) is 0 Å². The molecule has 0 aliphatic heterocycles. The Hall–Kier alpha value is -3.55. The molecule has 3 rings (SSSR count). The first-order valence-corrected chi connectivity index (χ1v) is 7.56. The Balaban J connectivity index is 1.65. The highest BCUT2D eigenvalue weighted by Crippen LogP contribution is 2.18. The minimum absolute atomic E-state index is 0.252. The molecule has 0 spiro atoms. The molecule has 2 aromatic carbocycles. The van der Waals surface area contributed by atoms with E-state index in [0.717, 1.165) is 12.1 Å². The van der Waals surface area contributed by atoms with E-state index in [9.17, 15) is 13.6 Å². The molecule has 26 heavy (non-hydrogen) atoms. The van der Waals surface area contributed by atoms with E-state index < -0.39 is 11.6 Å². The smallest absolute Gasteiger partial charge is 0.256 e. The molecule has 1 heterocycles. The van der Waals surface area contributed by atoms with Crippen molar-refractivity contribution < 1.29 is 18.3 Å². The van der Waals surface area contributed by atoms with E-state index in [1.165, 1.54) is 12.1 Å². The summed E-state index contributed by atoms with van der Waals surface area (Å²) < 4.78 is 31.1. The van der Waals surface area contributed by atoms with Crippen LogP contribution < -0.4 is 15.4 Å². The largest absolute Gasteiger partial charge is 0.497 e. The van der Waals surface area contributed by atoms with Gasteiger partial charge in [-0.2, -0.15) is 0 Å². The van der Waals surface area contributed by atoms with Gasteiger partial charge >= 0.3 is 0 Å². The first-order valence-electron chi connectivity index (χ1n) is 7.56. The molecule has 0 aliphatic rings. The summed E-state index contributed by atoms with van der Waals surface area (Å²) in [6.45, 7) is 0. The normalized spacial score (nSPS) is 10.3. The van der Waals surface area contributed by atoms with Crippen LogP contribution in [-0.4, -0.2) is 23.2 Å². The molecule has 0 atom stereocenters. The van der Waals surface area contributed by atoms with Gasteiger partial charge in [-0.3, -0.25) is 4.79 Å². The maximum Gasteiger partial charge on any atom is 0.256 e. The Bertz CT molecular complexity index is 915. The van der Waals surface area contributed by atoms with Crippen molar-refractivity contribution in [2.24, 2.45) is 0 Å². The van der Waals surface area contributed by atoms with Gasteiger partial charge in [0, 0.05) is 17.3 Å². The zero-order chi connectivity index (χ0) is 18.5. The lowest BCUT2D eigenvalue weighted by Crippen LogP contribution is -2.13. The van der Waals surface area contributed by atoms with Crippen LogP contribution in [0.25, 0.3) is 0 Å². The lowest BCUT2D eigenvalue weighted by molar-refractivity contribution is 0.102. The van der Waals surface area contributed by atoms with Crippen molar-refractivity contribution in [3.05, 3.63) is 71.8 Å². The zero-order valence-corrected chi connectivity index (χ0v) is 13.7. The molecule has 1 aromatic heterocycles. The number of nitrogens with one attached hydrogen (secondary N) is 2. The summed E-state index contributed by atoms with van der Waals surface area (Å²) in [7, 11) is 1.54. The molecule has 3 aromatic rings. The molecule has 6 nitrogen and oxygen atoms in total. The number of halogens is 2. The van der Waals surface area contributed by atoms with Crippen LogP contribution in [0.15, 0.2) is 54.6 Å². The zero-order valence-electron chi connectivity index (χ0n) is 13.7. The van der Waals surface area contributed by atoms with E-state index in [1.807, 2.05) is 0 Å². The van der Waals surface area contributed by atoms with Gasteiger partial charge in [0.1, 0.15) is 5.75 Å². The quantitative estimate of drug-likeness (QED) is 0.728. The van der Waals surface area contributed by atoms with Crippen molar-refractivity contribution in [2.75, 3.05) is 17.7 Å². The van der Waals surface area contributed by atoms with Crippen molar-refractivity contribution >= 4 is 23.2 Å². The van der Waals surface area contributed by atoms with Gasteiger partial charge in [-0.05, 0) is 48.5 Å². The van der Waals surface area contributed by atoms with Crippen LogP contribution in [0.3, 0.4) is 0 Å². The number of carbonyl (C=O) groups excluding carboxylic acids is 1. The van der Waals surface area contributed by atoms with Crippen LogP contribution in [-0.2, 0) is 0 Å². The first-order chi connectivity index (χ1) is 12.5. The van der Waals surface area contributed by atoms with Crippen molar-refractivity contribution in [3.63, 3.8) is 0 Å². The second-order valence-corrected chi connectivity index (χ2v) is 5.24. The van der Waals surface area contributed by atoms with E-state index >= 15 is 0 Å². The molecule has 0 unspecified atom stereocenters. The van der Waals surface area contributed by atoms with Crippen molar-refractivity contribution in [3.8, 4) is 5.75 Å². The third-order valence-corrected chi connectivity index (χ3v) is 3.45. The van der Waals surface area contributed by atoms with Crippen molar-refractivity contribution in [1.82, 2.24) is 10.2 Å². The molecular formula is C18H14F2N4O2. The third-order valence-electron chi connectivity index (χ3n) is 3.45. The first kappa shape index (κ1) is 17.3. The third kappa shape index (κ3) is 4.10. The van der Waals surface area contributed by atoms with E-state index in [4.69, 9.17) is 4.74 Å². The molecule has 8 heteroatoms. The number of aromatic nitrogens is 2. The monoisotopic (exact) mass is 356 g/mol. The van der Waals surface area contributed by atoms with Gasteiger partial charge in [0.2, 0.25) is 0 Å². The van der Waals surface area contributed by atoms with Crippen LogP contribution in [0.5, 0.6) is 5.75 Å². The molecule has 132 valence electrons. The molecule has 0 radical (unpaired) electrons. The second kappa shape index (κ2) is 7.56. The highest BCUT2D eigenvalue weighted by Gasteiger charge is 2.08. The number of hydrogen-bond acceptors (Lipinski definition) is 5. The summed E-state index contributed by atoms with van der Waals surface area (Å²) >= 11 is 0. The van der Waals surface area contributed by atoms with Crippen LogP contribution in [0.4, 0.5) is 26.1 Å². The average Bonchev–Trinajstić information content (AvgIpc) is 2.66. The fourth-order valence-electron chi connectivity index (χ4n) is 2.12. The predicted molar refractivity (Wildman–Crippen MR) is 92.6 cm³/mol. The van der Waals surface area contributed by atoms with Crippen LogP contribution in [0.2, 0.25) is 0 Å². The fourth-order valence-corrected chi connectivity index (χ4v) is 2.12. The lowest BCUT2D eigenvalue weighted by Gasteiger charge is -2.07. The number of hydrogen-bond donors (Lipinski definition) is 2. The highest BCUT2D eigenvalue weighted by atomic mass is 19.2. The van der Waals surface area contributed by atoms with Gasteiger partial charge in [0.15, 0.2) is 23.3 Å². The molecule has 0 aliphatic carbocycles. The summed E-state index contributed by atoms with van der Waals surface area (Å²) in [5, 5.41) is 13.2. The lowest BCUT2D eigenvalue weighted by atomic mass is 10.2. The van der Waals surface area contributed by atoms with Gasteiger partial charge < -0.3 is 15.4 Å². The molecule has 0 fully saturated rings. The highest BCUT2D eigenvalue weighted by molar-refractivity contribution is 6.03. The summed E-state index contributed by atoms with van der Waals surface area (Å²) in [5.41, 5.74) is 0.768. The maximum absolute atomic E-state index is 13.2. The summed E-state index contributed by atoms with van der Waals surface area (Å²) in [5.74, 6) is -1.03. The van der Waals surface area contributed by atoms with Crippen LogP contribution in [0.1, 0.15) is 10.4 Å². The summed E-state index contributed by atoms with van der Waals surface area (Å²) in [4.78, 5) is 12.1. The molecule has 0 saturated heterocycles. The Labute approximate surface area is 147 Å². The SMILES string of the molecule is COc1ccc(C(=O)Nc2ccc(Nc3ccc(F)c(F)c3)nn2)cc1. The van der Waals surface area contributed by atoms with Crippen LogP contribution >= 0.6 is 0 Å². The Morgan fingerprint density at radius 2 is 1.62 bits per heavy atom. The van der Waals surface area contributed by atoms with E-state index in [1.54, 1.807) is 37.4 Å². The van der Waals surface area contributed by atoms with Gasteiger partial charge in [0.25, 0.3) is 5.91 Å². The summed E-state index contributed by atoms with van der Waals surface area (Å²) in [6.07, 6.45) is 0. The number of amides is 1. The minimum atomic E-state index is -0.966. The number of ether oxygens (including phenoxy) is 1. The van der Waals surface area contributed by atoms with Crippen molar-refractivity contribution in [2.45, 2.75) is 0 Å². The van der Waals surface area contributed by atoms with E-state index in [2.05, 4.69) is 20.8 Å². The number of carbonyl (C=O) groups is 1. The van der Waals surface area contributed by atoms with E-state index in [-0.39, 0.29) is 11.7 Å². The topological polar surface area (TPSA) is 76.1 Å². The minimum Gasteiger partial charge on any atom is -0.497 e. The number of benzene rings is 2. The van der Waals surface area contributed by atoms with Gasteiger partial charge in [-0.25, -0.2) is 8.78 Å². The number of methoxy groups -OCH3 is 1. The average molecular weight is 356 g/mol. The van der Waals surface area contributed by atoms with Gasteiger partial charge in [-0.15, -0.1) is 10.2 Å². The molecule has 0 bridgehead atoms. The Kier molecular flexibility index (Phi) is 5.02. The van der Waals surface area contributed by atoms with Crippen LogP contribution in [0, 0.1) is 11.6 Å². The number of rotatable bonds is 5. The maximum atomic E-state index is 13.2. The molecule has 2 N–H and O–H groups in total. The van der Waals surface area contributed by atoms with E-state index in [0.29, 0.717) is 22.8 Å². The number of nitrogens with zero attached hydrogens (tertiary/aromatic N) is 2. The standard InChI is InChI=1S/C18H14F2N4O2/c1-26-13-5-2-11(3-6-13)18(25)22-17-9-8-16(23-24-17)21-12-4-7-14(19)15(20)10-12/h2-10H,1H3,(H,21,23)(H,22,24,25). The molecule has 0 saturated carbocycles. The Morgan fingerprint density at radius 1 is 0.923 bits per heavy atom. The summed E-state index contributed by atoms with van der Waals surface area (Å²) in [6, 6.07) is 13.1. The second-order valence-electron chi connectivity index (χ2n) is 5.24. The molecule has 1 amide bonds. The van der Waals surface area contributed by atoms with Crippen molar-refractivity contribution in [1.29, 1.82) is 0 Å². The Morgan fingerprint density at radius 3 is 2.23 bits per heavy atom.